The summed E-state index contributed by atoms with van der Waals surface area (Å²) in [5.41, 5.74) is 1.60. The van der Waals surface area contributed by atoms with E-state index < -0.39 is 0 Å². The van der Waals surface area contributed by atoms with Gasteiger partial charge in [0.2, 0.25) is 0 Å². The molecule has 96 valence electrons. The molecule has 0 unspecified atom stereocenters. The Bertz CT molecular complexity index is 447. The molecule has 0 N–H and O–H groups in total. The minimum atomic E-state index is 0.614. The van der Waals surface area contributed by atoms with E-state index in [9.17, 15) is 0 Å². The molecule has 0 bridgehead atoms. The van der Waals surface area contributed by atoms with Crippen LogP contribution in [0, 0.1) is 11.3 Å². The van der Waals surface area contributed by atoms with Crippen molar-refractivity contribution in [2.45, 2.75) is 12.8 Å². The zero-order valence-electron chi connectivity index (χ0n) is 10.7. The number of halogens is 1. The van der Waals surface area contributed by atoms with Crippen LogP contribution in [0.5, 0.6) is 0 Å². The Balaban J connectivity index is 1.99. The third kappa shape index (κ3) is 3.16. The molecule has 1 heterocycles. The molecule has 1 aliphatic rings. The van der Waals surface area contributed by atoms with Crippen LogP contribution >= 0.6 is 11.6 Å². The summed E-state index contributed by atoms with van der Waals surface area (Å²) < 4.78 is 0. The summed E-state index contributed by atoms with van der Waals surface area (Å²) in [7, 11) is 2.03. The van der Waals surface area contributed by atoms with Gasteiger partial charge in [-0.2, -0.15) is 5.26 Å². The van der Waals surface area contributed by atoms with Crippen molar-refractivity contribution in [2.24, 2.45) is 0 Å². The summed E-state index contributed by atoms with van der Waals surface area (Å²) in [4.78, 5) is 4.60. The van der Waals surface area contributed by atoms with E-state index in [4.69, 9.17) is 16.9 Å². The predicted octanol–water partition coefficient (Wildman–Crippen LogP) is 2.74. The number of rotatable bonds is 4. The van der Waals surface area contributed by atoms with Crippen molar-refractivity contribution in [3.05, 3.63) is 28.8 Å². The van der Waals surface area contributed by atoms with E-state index in [1.807, 2.05) is 19.2 Å². The maximum atomic E-state index is 9.13. The number of benzene rings is 1. The van der Waals surface area contributed by atoms with E-state index in [0.29, 0.717) is 10.6 Å². The SMILES string of the molecule is CN(CCN1CCCC1)c1ccc(Cl)cc1C#N. The van der Waals surface area contributed by atoms with Gasteiger partial charge < -0.3 is 9.80 Å². The second-order valence-electron chi connectivity index (χ2n) is 4.74. The molecule has 2 rings (SSSR count). The monoisotopic (exact) mass is 263 g/mol. The third-order valence-corrected chi connectivity index (χ3v) is 3.68. The molecule has 0 atom stereocenters. The van der Waals surface area contributed by atoms with Gasteiger partial charge in [-0.3, -0.25) is 0 Å². The summed E-state index contributed by atoms with van der Waals surface area (Å²) in [5, 5.41) is 9.74. The van der Waals surface area contributed by atoms with E-state index in [1.165, 1.54) is 25.9 Å². The second-order valence-corrected chi connectivity index (χ2v) is 5.18. The fraction of sp³-hybridized carbons (Fsp3) is 0.500. The molecule has 0 saturated carbocycles. The summed E-state index contributed by atoms with van der Waals surface area (Å²) in [6, 6.07) is 7.69. The van der Waals surface area contributed by atoms with Crippen LogP contribution in [0.3, 0.4) is 0 Å². The van der Waals surface area contributed by atoms with Gasteiger partial charge in [-0.25, -0.2) is 0 Å². The number of hydrogen-bond donors (Lipinski definition) is 0. The lowest BCUT2D eigenvalue weighted by Crippen LogP contribution is -2.31. The van der Waals surface area contributed by atoms with Crippen LogP contribution in [0.1, 0.15) is 18.4 Å². The first-order valence-electron chi connectivity index (χ1n) is 6.34. The Morgan fingerprint density at radius 2 is 2.11 bits per heavy atom. The molecule has 0 radical (unpaired) electrons. The van der Waals surface area contributed by atoms with Crippen molar-refractivity contribution in [3.63, 3.8) is 0 Å². The highest BCUT2D eigenvalue weighted by Crippen LogP contribution is 2.22. The van der Waals surface area contributed by atoms with Gasteiger partial charge in [0.1, 0.15) is 6.07 Å². The maximum Gasteiger partial charge on any atom is 0.101 e. The average Bonchev–Trinajstić information content (AvgIpc) is 2.88. The van der Waals surface area contributed by atoms with Gasteiger partial charge in [0, 0.05) is 25.2 Å². The molecule has 1 saturated heterocycles. The third-order valence-electron chi connectivity index (χ3n) is 3.44. The van der Waals surface area contributed by atoms with Crippen LogP contribution in [0.4, 0.5) is 5.69 Å². The Kier molecular flexibility index (Phi) is 4.46. The van der Waals surface area contributed by atoms with Crippen molar-refractivity contribution in [2.75, 3.05) is 38.1 Å². The molecule has 0 amide bonds. The zero-order valence-corrected chi connectivity index (χ0v) is 11.5. The minimum Gasteiger partial charge on any atom is -0.372 e. The highest BCUT2D eigenvalue weighted by molar-refractivity contribution is 6.30. The van der Waals surface area contributed by atoms with Gasteiger partial charge in [0.05, 0.1) is 11.3 Å². The van der Waals surface area contributed by atoms with Crippen LogP contribution in [0.2, 0.25) is 5.02 Å². The van der Waals surface area contributed by atoms with Crippen LogP contribution in [-0.2, 0) is 0 Å². The Labute approximate surface area is 114 Å². The fourth-order valence-corrected chi connectivity index (χ4v) is 2.52. The van der Waals surface area contributed by atoms with Gasteiger partial charge in [-0.1, -0.05) is 11.6 Å². The number of nitriles is 1. The summed E-state index contributed by atoms with van der Waals surface area (Å²) in [5.74, 6) is 0. The number of likely N-dealkylation sites (tertiary alicyclic amines) is 1. The first-order chi connectivity index (χ1) is 8.70. The largest absolute Gasteiger partial charge is 0.372 e. The molecule has 18 heavy (non-hydrogen) atoms. The lowest BCUT2D eigenvalue weighted by molar-refractivity contribution is 0.346. The van der Waals surface area contributed by atoms with Gasteiger partial charge >= 0.3 is 0 Å². The van der Waals surface area contributed by atoms with Gasteiger partial charge in [-0.15, -0.1) is 0 Å². The van der Waals surface area contributed by atoms with E-state index in [2.05, 4.69) is 15.9 Å². The smallest absolute Gasteiger partial charge is 0.101 e. The molecular weight excluding hydrogens is 246 g/mol. The Morgan fingerprint density at radius 1 is 1.39 bits per heavy atom. The Hall–Kier alpha value is -1.24. The molecule has 0 aromatic heterocycles. The van der Waals surface area contributed by atoms with Crippen molar-refractivity contribution in [1.82, 2.24) is 4.90 Å². The van der Waals surface area contributed by atoms with Crippen molar-refractivity contribution in [1.29, 1.82) is 5.26 Å². The van der Waals surface area contributed by atoms with Crippen LogP contribution in [-0.4, -0.2) is 38.1 Å². The van der Waals surface area contributed by atoms with Crippen molar-refractivity contribution >= 4 is 17.3 Å². The summed E-state index contributed by atoms with van der Waals surface area (Å²) in [6.45, 7) is 4.42. The van der Waals surface area contributed by atoms with E-state index in [0.717, 1.165) is 18.8 Å². The highest BCUT2D eigenvalue weighted by atomic mass is 35.5. The van der Waals surface area contributed by atoms with E-state index in [-0.39, 0.29) is 0 Å². The minimum absolute atomic E-state index is 0.614. The lowest BCUT2D eigenvalue weighted by Gasteiger charge is -2.24. The number of nitrogens with zero attached hydrogens (tertiary/aromatic N) is 3. The Morgan fingerprint density at radius 3 is 2.78 bits per heavy atom. The first-order valence-corrected chi connectivity index (χ1v) is 6.71. The van der Waals surface area contributed by atoms with E-state index >= 15 is 0 Å². The summed E-state index contributed by atoms with van der Waals surface area (Å²) >= 11 is 5.90. The summed E-state index contributed by atoms with van der Waals surface area (Å²) in [6.07, 6.45) is 2.63. The molecule has 1 aromatic rings. The van der Waals surface area contributed by atoms with Gasteiger partial charge in [0.15, 0.2) is 0 Å². The molecule has 0 aliphatic carbocycles. The van der Waals surface area contributed by atoms with Crippen molar-refractivity contribution in [3.8, 4) is 6.07 Å². The first kappa shape index (κ1) is 13.2. The molecular formula is C14H18ClN3. The predicted molar refractivity (Wildman–Crippen MR) is 75.1 cm³/mol. The maximum absolute atomic E-state index is 9.13. The average molecular weight is 264 g/mol. The number of anilines is 1. The zero-order chi connectivity index (χ0) is 13.0. The molecule has 3 nitrogen and oxygen atoms in total. The van der Waals surface area contributed by atoms with Gasteiger partial charge in [-0.05, 0) is 44.1 Å². The molecule has 1 fully saturated rings. The van der Waals surface area contributed by atoms with E-state index in [1.54, 1.807) is 6.07 Å². The number of hydrogen-bond acceptors (Lipinski definition) is 3. The highest BCUT2D eigenvalue weighted by Gasteiger charge is 2.13. The quantitative estimate of drug-likeness (QED) is 0.837. The molecule has 4 heteroatoms. The van der Waals surface area contributed by atoms with Crippen molar-refractivity contribution < 1.29 is 0 Å². The molecule has 1 aromatic carbocycles. The van der Waals surface area contributed by atoms with Gasteiger partial charge in [0.25, 0.3) is 0 Å². The molecule has 0 spiro atoms. The van der Waals surface area contributed by atoms with Crippen LogP contribution in [0.25, 0.3) is 0 Å². The van der Waals surface area contributed by atoms with Crippen LogP contribution in [0.15, 0.2) is 18.2 Å². The normalized spacial score (nSPS) is 15.6. The number of likely N-dealkylation sites (N-methyl/N-ethyl adjacent to an activating group) is 1. The fourth-order valence-electron chi connectivity index (χ4n) is 2.35. The standard InChI is InChI=1S/C14H18ClN3/c1-17(8-9-18-6-2-3-7-18)14-5-4-13(15)10-12(14)11-16/h4-5,10H,2-3,6-9H2,1H3. The van der Waals surface area contributed by atoms with Crippen LogP contribution < -0.4 is 4.90 Å². The lowest BCUT2D eigenvalue weighted by atomic mass is 10.2. The molecule has 1 aliphatic heterocycles. The topological polar surface area (TPSA) is 30.3 Å². The second kappa shape index (κ2) is 6.08.